The molecule has 3 aromatic rings. The van der Waals surface area contributed by atoms with Crippen molar-refractivity contribution >= 4 is 35.0 Å². The minimum absolute atomic E-state index is 0.263. The molecular formula is C25H27N3O3S2. The molecule has 2 heterocycles. The number of anilines is 1. The van der Waals surface area contributed by atoms with Crippen molar-refractivity contribution in [3.63, 3.8) is 0 Å². The van der Waals surface area contributed by atoms with Gasteiger partial charge in [0.25, 0.3) is 0 Å². The first kappa shape index (κ1) is 22.3. The van der Waals surface area contributed by atoms with E-state index < -0.39 is 5.60 Å². The Morgan fingerprint density at radius 3 is 2.91 bits per heavy atom. The molecule has 2 aromatic heterocycles. The predicted octanol–water partition coefficient (Wildman–Crippen LogP) is 5.68. The van der Waals surface area contributed by atoms with Crippen LogP contribution in [0.4, 0.5) is 10.5 Å². The third-order valence-corrected chi connectivity index (χ3v) is 8.55. The standard InChI is InChI=1S/C25H27N3O3S2/c1-25(30)11-4-7-20-19(25)14-22(32-20)33-28-24(29)27-23-17-6-3-5-15(17)8-9-18(23)16-10-12-26-21(13-16)31-2/h8-10,12-14,30H,3-7,11H2,1-2H3,(H2,27,28,29). The Labute approximate surface area is 201 Å². The van der Waals surface area contributed by atoms with Gasteiger partial charge in [-0.1, -0.05) is 12.1 Å². The summed E-state index contributed by atoms with van der Waals surface area (Å²) < 4.78 is 9.21. The van der Waals surface area contributed by atoms with Crippen LogP contribution < -0.4 is 14.8 Å². The Morgan fingerprint density at radius 2 is 2.09 bits per heavy atom. The molecule has 2 amide bonds. The number of aryl methyl sites for hydroxylation is 2. The number of fused-ring (bicyclic) bond motifs is 2. The summed E-state index contributed by atoms with van der Waals surface area (Å²) in [6.45, 7) is 1.87. The van der Waals surface area contributed by atoms with E-state index in [-0.39, 0.29) is 6.03 Å². The van der Waals surface area contributed by atoms with Gasteiger partial charge in [0.05, 0.1) is 22.6 Å². The Balaban J connectivity index is 1.36. The average Bonchev–Trinajstić information content (AvgIpc) is 3.45. The number of urea groups is 1. The third-order valence-electron chi connectivity index (χ3n) is 6.45. The van der Waals surface area contributed by atoms with Crippen molar-refractivity contribution < 1.29 is 14.6 Å². The molecule has 2 aliphatic rings. The normalized spacial score (nSPS) is 19.0. The summed E-state index contributed by atoms with van der Waals surface area (Å²) in [5.74, 6) is 0.538. The van der Waals surface area contributed by atoms with Crippen LogP contribution in [-0.2, 0) is 24.9 Å². The summed E-state index contributed by atoms with van der Waals surface area (Å²) in [5.41, 5.74) is 5.47. The molecule has 172 valence electrons. The Kier molecular flexibility index (Phi) is 6.07. The van der Waals surface area contributed by atoms with Gasteiger partial charge < -0.3 is 15.2 Å². The number of thiophene rings is 1. The molecule has 1 unspecified atom stereocenters. The van der Waals surface area contributed by atoms with Crippen molar-refractivity contribution in [1.82, 2.24) is 9.71 Å². The Hall–Kier alpha value is -2.55. The fraction of sp³-hybridized carbons (Fsp3) is 0.360. The van der Waals surface area contributed by atoms with Crippen molar-refractivity contribution in [2.75, 3.05) is 12.4 Å². The minimum Gasteiger partial charge on any atom is -0.481 e. The van der Waals surface area contributed by atoms with Crippen LogP contribution in [0.15, 0.2) is 40.7 Å². The highest BCUT2D eigenvalue weighted by molar-refractivity contribution is 7.99. The van der Waals surface area contributed by atoms with Crippen LogP contribution in [0.3, 0.4) is 0 Å². The number of nitrogens with one attached hydrogen (secondary N) is 2. The topological polar surface area (TPSA) is 83.5 Å². The number of nitrogens with zero attached hydrogens (tertiary/aromatic N) is 1. The van der Waals surface area contributed by atoms with Crippen LogP contribution in [0, 0.1) is 0 Å². The zero-order chi connectivity index (χ0) is 23.0. The maximum atomic E-state index is 12.9. The number of methoxy groups -OCH3 is 1. The van der Waals surface area contributed by atoms with E-state index >= 15 is 0 Å². The molecule has 0 bridgehead atoms. The smallest absolute Gasteiger partial charge is 0.329 e. The first-order valence-electron chi connectivity index (χ1n) is 11.2. The molecule has 1 aromatic carbocycles. The van der Waals surface area contributed by atoms with E-state index in [4.69, 9.17) is 4.74 Å². The molecule has 33 heavy (non-hydrogen) atoms. The maximum absolute atomic E-state index is 12.9. The number of ether oxygens (including phenoxy) is 1. The van der Waals surface area contributed by atoms with E-state index in [1.54, 1.807) is 24.6 Å². The predicted molar refractivity (Wildman–Crippen MR) is 133 cm³/mol. The summed E-state index contributed by atoms with van der Waals surface area (Å²) in [5, 5.41) is 13.8. The number of aliphatic hydroxyl groups is 1. The van der Waals surface area contributed by atoms with Crippen molar-refractivity contribution in [2.45, 2.75) is 55.3 Å². The number of pyridine rings is 1. The van der Waals surface area contributed by atoms with Gasteiger partial charge in [0, 0.05) is 22.7 Å². The zero-order valence-electron chi connectivity index (χ0n) is 18.7. The van der Waals surface area contributed by atoms with Crippen molar-refractivity contribution in [3.05, 3.63) is 58.1 Å². The van der Waals surface area contributed by atoms with E-state index in [9.17, 15) is 9.90 Å². The zero-order valence-corrected chi connectivity index (χ0v) is 20.4. The Bertz CT molecular complexity index is 1210. The number of carbonyl (C=O) groups is 1. The van der Waals surface area contributed by atoms with Gasteiger partial charge in [-0.15, -0.1) is 11.3 Å². The molecular weight excluding hydrogens is 454 g/mol. The highest BCUT2D eigenvalue weighted by atomic mass is 32.2. The lowest BCUT2D eigenvalue weighted by Gasteiger charge is -2.28. The number of carbonyl (C=O) groups excluding carboxylic acids is 1. The molecule has 0 fully saturated rings. The molecule has 2 aliphatic carbocycles. The summed E-state index contributed by atoms with van der Waals surface area (Å²) >= 11 is 2.95. The first-order valence-corrected chi connectivity index (χ1v) is 12.8. The lowest BCUT2D eigenvalue weighted by atomic mass is 9.85. The molecule has 0 radical (unpaired) electrons. The van der Waals surface area contributed by atoms with Gasteiger partial charge in [-0.25, -0.2) is 9.78 Å². The Morgan fingerprint density at radius 1 is 1.21 bits per heavy atom. The highest BCUT2D eigenvalue weighted by Crippen LogP contribution is 2.42. The van der Waals surface area contributed by atoms with E-state index in [0.717, 1.165) is 65.1 Å². The number of rotatable bonds is 5. The van der Waals surface area contributed by atoms with Gasteiger partial charge in [-0.05, 0) is 91.8 Å². The van der Waals surface area contributed by atoms with Gasteiger partial charge in [-0.3, -0.25) is 4.72 Å². The second kappa shape index (κ2) is 9.00. The molecule has 1 atom stereocenters. The van der Waals surface area contributed by atoms with E-state index in [2.05, 4.69) is 27.2 Å². The molecule has 6 nitrogen and oxygen atoms in total. The molecule has 8 heteroatoms. The fourth-order valence-corrected chi connectivity index (χ4v) is 6.87. The second-order valence-corrected chi connectivity index (χ2v) is 11.0. The maximum Gasteiger partial charge on any atom is 0.329 e. The quantitative estimate of drug-likeness (QED) is 0.408. The van der Waals surface area contributed by atoms with Gasteiger partial charge in [0.1, 0.15) is 0 Å². The van der Waals surface area contributed by atoms with E-state index in [1.165, 1.54) is 28.0 Å². The summed E-state index contributed by atoms with van der Waals surface area (Å²) in [4.78, 5) is 18.4. The first-order chi connectivity index (χ1) is 15.9. The highest BCUT2D eigenvalue weighted by Gasteiger charge is 2.31. The van der Waals surface area contributed by atoms with E-state index in [0.29, 0.717) is 5.88 Å². The molecule has 0 aliphatic heterocycles. The number of hydrogen-bond acceptors (Lipinski definition) is 6. The monoisotopic (exact) mass is 481 g/mol. The van der Waals surface area contributed by atoms with Crippen LogP contribution in [0.1, 0.15) is 47.8 Å². The molecule has 0 saturated carbocycles. The van der Waals surface area contributed by atoms with Crippen LogP contribution in [-0.4, -0.2) is 23.2 Å². The number of aromatic nitrogens is 1. The van der Waals surface area contributed by atoms with Crippen LogP contribution in [0.2, 0.25) is 0 Å². The van der Waals surface area contributed by atoms with Gasteiger partial charge in [0.15, 0.2) is 0 Å². The summed E-state index contributed by atoms with van der Waals surface area (Å²) in [6, 6.07) is 9.79. The van der Waals surface area contributed by atoms with Gasteiger partial charge in [0.2, 0.25) is 5.88 Å². The van der Waals surface area contributed by atoms with E-state index in [1.807, 2.05) is 25.1 Å². The summed E-state index contributed by atoms with van der Waals surface area (Å²) in [7, 11) is 1.60. The largest absolute Gasteiger partial charge is 0.481 e. The van der Waals surface area contributed by atoms with Crippen LogP contribution in [0.25, 0.3) is 11.1 Å². The van der Waals surface area contributed by atoms with Crippen molar-refractivity contribution in [3.8, 4) is 17.0 Å². The van der Waals surface area contributed by atoms with Crippen LogP contribution >= 0.6 is 23.3 Å². The molecule has 0 saturated heterocycles. The van der Waals surface area contributed by atoms with Crippen LogP contribution in [0.5, 0.6) is 5.88 Å². The molecule has 5 rings (SSSR count). The minimum atomic E-state index is -0.782. The third kappa shape index (κ3) is 4.47. The van der Waals surface area contributed by atoms with Gasteiger partial charge in [-0.2, -0.15) is 0 Å². The average molecular weight is 482 g/mol. The molecule has 0 spiro atoms. The second-order valence-electron chi connectivity index (χ2n) is 8.75. The number of benzene rings is 1. The fourth-order valence-electron chi connectivity index (χ4n) is 4.80. The SMILES string of the molecule is COc1cc(-c2ccc3c(c2NC(=O)NSc2cc4c(s2)CCCC4(C)O)CCC3)ccn1. The van der Waals surface area contributed by atoms with Crippen molar-refractivity contribution in [2.24, 2.45) is 0 Å². The van der Waals surface area contributed by atoms with Gasteiger partial charge >= 0.3 is 6.03 Å². The van der Waals surface area contributed by atoms with Crippen molar-refractivity contribution in [1.29, 1.82) is 0 Å². The lowest BCUT2D eigenvalue weighted by molar-refractivity contribution is 0.0395. The summed E-state index contributed by atoms with van der Waals surface area (Å²) in [6.07, 6.45) is 7.52. The lowest BCUT2D eigenvalue weighted by Crippen LogP contribution is -2.25. The molecule has 3 N–H and O–H groups in total. The number of amides is 2. The number of hydrogen-bond donors (Lipinski definition) is 3.